The van der Waals surface area contributed by atoms with Gasteiger partial charge in [0, 0.05) is 0 Å². The van der Waals surface area contributed by atoms with E-state index in [2.05, 4.69) is 41.2 Å². The molecule has 2 aromatic heterocycles. The van der Waals surface area contributed by atoms with Crippen molar-refractivity contribution in [1.82, 2.24) is 19.7 Å². The maximum atomic E-state index is 9.76. The summed E-state index contributed by atoms with van der Waals surface area (Å²) < 4.78 is 1.91. The van der Waals surface area contributed by atoms with Crippen LogP contribution in [0.3, 0.4) is 0 Å². The molecule has 6 heteroatoms. The number of aliphatic hydroxyl groups is 1. The summed E-state index contributed by atoms with van der Waals surface area (Å²) in [7, 11) is 0. The highest BCUT2D eigenvalue weighted by Gasteiger charge is 2.34. The van der Waals surface area contributed by atoms with Crippen LogP contribution < -0.4 is 5.32 Å². The fourth-order valence-electron chi connectivity index (χ4n) is 3.06. The summed E-state index contributed by atoms with van der Waals surface area (Å²) in [5, 5.41) is 18.6. The van der Waals surface area contributed by atoms with Gasteiger partial charge in [-0.1, -0.05) is 12.8 Å². The van der Waals surface area contributed by atoms with E-state index in [9.17, 15) is 5.11 Å². The van der Waals surface area contributed by atoms with Gasteiger partial charge in [0.2, 0.25) is 0 Å². The minimum atomic E-state index is -0.245. The summed E-state index contributed by atoms with van der Waals surface area (Å²) in [6, 6.07) is 0. The third kappa shape index (κ3) is 2.48. The number of aromatic nitrogens is 4. The molecule has 21 heavy (non-hydrogen) atoms. The van der Waals surface area contributed by atoms with E-state index in [1.807, 2.05) is 10.9 Å². The Morgan fingerprint density at radius 2 is 2.00 bits per heavy atom. The number of anilines is 1. The van der Waals surface area contributed by atoms with Gasteiger partial charge in [0.25, 0.3) is 0 Å². The quantitative estimate of drug-likeness (QED) is 0.906. The first-order valence-electron chi connectivity index (χ1n) is 7.53. The van der Waals surface area contributed by atoms with Crippen molar-refractivity contribution in [2.75, 3.05) is 11.9 Å². The fourth-order valence-corrected chi connectivity index (χ4v) is 3.06. The molecule has 2 N–H and O–H groups in total. The Kier molecular flexibility index (Phi) is 3.36. The first-order valence-corrected chi connectivity index (χ1v) is 7.53. The Bertz CT molecular complexity index is 637. The first kappa shape index (κ1) is 14.3. The SMILES string of the molecule is CC(C)(C)n1ncc2c(NC3(CO)CCCC3)ncnc21. The first-order chi connectivity index (χ1) is 9.95. The maximum absolute atomic E-state index is 9.76. The summed E-state index contributed by atoms with van der Waals surface area (Å²) in [5.41, 5.74) is 0.451. The summed E-state index contributed by atoms with van der Waals surface area (Å²) >= 11 is 0. The van der Waals surface area contributed by atoms with E-state index in [0.29, 0.717) is 0 Å². The van der Waals surface area contributed by atoms with E-state index in [-0.39, 0.29) is 17.7 Å². The second-order valence-corrected chi connectivity index (χ2v) is 6.96. The monoisotopic (exact) mass is 289 g/mol. The molecule has 0 radical (unpaired) electrons. The third-order valence-electron chi connectivity index (χ3n) is 4.25. The van der Waals surface area contributed by atoms with E-state index in [1.165, 1.54) is 0 Å². The van der Waals surface area contributed by atoms with Gasteiger partial charge in [-0.25, -0.2) is 14.6 Å². The van der Waals surface area contributed by atoms with E-state index in [4.69, 9.17) is 0 Å². The van der Waals surface area contributed by atoms with Gasteiger partial charge < -0.3 is 10.4 Å². The second-order valence-electron chi connectivity index (χ2n) is 6.96. The number of nitrogens with zero attached hydrogens (tertiary/aromatic N) is 4. The Morgan fingerprint density at radius 3 is 2.62 bits per heavy atom. The lowest BCUT2D eigenvalue weighted by Crippen LogP contribution is -2.39. The highest BCUT2D eigenvalue weighted by atomic mass is 16.3. The van der Waals surface area contributed by atoms with Gasteiger partial charge in [-0.3, -0.25) is 0 Å². The van der Waals surface area contributed by atoms with Gasteiger partial charge in [-0.05, 0) is 33.6 Å². The molecule has 1 fully saturated rings. The van der Waals surface area contributed by atoms with Crippen molar-refractivity contribution >= 4 is 16.9 Å². The predicted molar refractivity (Wildman–Crippen MR) is 82.2 cm³/mol. The van der Waals surface area contributed by atoms with E-state index < -0.39 is 0 Å². The van der Waals surface area contributed by atoms with E-state index in [0.717, 1.165) is 42.5 Å². The van der Waals surface area contributed by atoms with Crippen LogP contribution in [0.5, 0.6) is 0 Å². The van der Waals surface area contributed by atoms with Crippen molar-refractivity contribution in [3.05, 3.63) is 12.5 Å². The summed E-state index contributed by atoms with van der Waals surface area (Å²) in [5.74, 6) is 0.770. The van der Waals surface area contributed by atoms with Gasteiger partial charge in [0.15, 0.2) is 5.65 Å². The molecule has 0 spiro atoms. The van der Waals surface area contributed by atoms with Crippen LogP contribution in [-0.2, 0) is 5.54 Å². The molecule has 114 valence electrons. The summed E-state index contributed by atoms with van der Waals surface area (Å²) in [6.45, 7) is 6.43. The molecule has 0 saturated heterocycles. The number of hydrogen-bond acceptors (Lipinski definition) is 5. The fraction of sp³-hybridized carbons (Fsp3) is 0.667. The highest BCUT2D eigenvalue weighted by Crippen LogP contribution is 2.34. The molecule has 0 bridgehead atoms. The lowest BCUT2D eigenvalue weighted by Gasteiger charge is -2.28. The van der Waals surface area contributed by atoms with Crippen LogP contribution >= 0.6 is 0 Å². The molecule has 1 saturated carbocycles. The molecule has 0 aliphatic heterocycles. The Labute approximate surface area is 124 Å². The smallest absolute Gasteiger partial charge is 0.163 e. The van der Waals surface area contributed by atoms with E-state index in [1.54, 1.807) is 6.33 Å². The van der Waals surface area contributed by atoms with E-state index >= 15 is 0 Å². The van der Waals surface area contributed by atoms with Crippen molar-refractivity contribution in [1.29, 1.82) is 0 Å². The van der Waals surface area contributed by atoms with Gasteiger partial charge >= 0.3 is 0 Å². The van der Waals surface area contributed by atoms with Gasteiger partial charge in [0.05, 0.1) is 29.3 Å². The molecule has 0 aromatic carbocycles. The number of hydrogen-bond donors (Lipinski definition) is 2. The third-order valence-corrected chi connectivity index (χ3v) is 4.25. The Balaban J connectivity index is 2.02. The Morgan fingerprint density at radius 1 is 1.29 bits per heavy atom. The van der Waals surface area contributed by atoms with Crippen molar-refractivity contribution < 1.29 is 5.11 Å². The second kappa shape index (κ2) is 4.94. The zero-order valence-electron chi connectivity index (χ0n) is 12.9. The topological polar surface area (TPSA) is 75.9 Å². The van der Waals surface area contributed by atoms with Crippen LogP contribution in [0.4, 0.5) is 5.82 Å². The van der Waals surface area contributed by atoms with Crippen LogP contribution in [0, 0.1) is 0 Å². The normalized spacial score (nSPS) is 18.3. The summed E-state index contributed by atoms with van der Waals surface area (Å²) in [4.78, 5) is 8.75. The van der Waals surface area contributed by atoms with Crippen molar-refractivity contribution in [2.45, 2.75) is 57.5 Å². The predicted octanol–water partition coefficient (Wildman–Crippen LogP) is 2.30. The molecule has 0 amide bonds. The molecule has 1 aliphatic carbocycles. The van der Waals surface area contributed by atoms with Crippen LogP contribution in [0.25, 0.3) is 11.0 Å². The minimum absolute atomic E-state index is 0.130. The minimum Gasteiger partial charge on any atom is -0.394 e. The zero-order chi connectivity index (χ0) is 15.1. The van der Waals surface area contributed by atoms with Gasteiger partial charge in [-0.15, -0.1) is 0 Å². The van der Waals surface area contributed by atoms with Crippen molar-refractivity contribution in [3.8, 4) is 0 Å². The molecule has 0 atom stereocenters. The Hall–Kier alpha value is -1.69. The van der Waals surface area contributed by atoms with Crippen LogP contribution in [0.1, 0.15) is 46.5 Å². The van der Waals surface area contributed by atoms with Crippen LogP contribution in [0.15, 0.2) is 12.5 Å². The average Bonchev–Trinajstić information content (AvgIpc) is 3.05. The molecule has 2 aromatic rings. The molecule has 2 heterocycles. The number of rotatable bonds is 3. The zero-order valence-corrected chi connectivity index (χ0v) is 12.9. The summed E-state index contributed by atoms with van der Waals surface area (Å²) in [6.07, 6.45) is 7.61. The van der Waals surface area contributed by atoms with Crippen molar-refractivity contribution in [2.24, 2.45) is 0 Å². The standard InChI is InChI=1S/C15H23N5O/c1-14(2,3)20-13-11(8-18-20)12(16-10-17-13)19-15(9-21)6-4-5-7-15/h8,10,21H,4-7,9H2,1-3H3,(H,16,17,19). The molecule has 0 unspecified atom stereocenters. The number of aliphatic hydroxyl groups excluding tert-OH is 1. The molecule has 1 aliphatic rings. The molecule has 6 nitrogen and oxygen atoms in total. The molecular formula is C15H23N5O. The van der Waals surface area contributed by atoms with Gasteiger partial charge in [0.1, 0.15) is 12.1 Å². The molecular weight excluding hydrogens is 266 g/mol. The lowest BCUT2D eigenvalue weighted by atomic mass is 9.99. The largest absolute Gasteiger partial charge is 0.394 e. The highest BCUT2D eigenvalue weighted by molar-refractivity contribution is 5.86. The number of nitrogens with one attached hydrogen (secondary N) is 1. The maximum Gasteiger partial charge on any atom is 0.163 e. The van der Waals surface area contributed by atoms with Crippen molar-refractivity contribution in [3.63, 3.8) is 0 Å². The van der Waals surface area contributed by atoms with Crippen LogP contribution in [-0.4, -0.2) is 37.0 Å². The lowest BCUT2D eigenvalue weighted by molar-refractivity contribution is 0.214. The van der Waals surface area contributed by atoms with Gasteiger partial charge in [-0.2, -0.15) is 5.10 Å². The van der Waals surface area contributed by atoms with Crippen LogP contribution in [0.2, 0.25) is 0 Å². The number of fused-ring (bicyclic) bond motifs is 1. The molecule has 3 rings (SSSR count). The average molecular weight is 289 g/mol.